The molecule has 25 heavy (non-hydrogen) atoms. The number of anilines is 1. The minimum Gasteiger partial charge on any atom is -0.372 e. The molecule has 1 fully saturated rings. The van der Waals surface area contributed by atoms with E-state index in [9.17, 15) is 4.79 Å². The highest BCUT2D eigenvalue weighted by Crippen LogP contribution is 2.36. The van der Waals surface area contributed by atoms with Crippen LogP contribution >= 0.6 is 11.8 Å². The highest BCUT2D eigenvalue weighted by molar-refractivity contribution is 8.14. The molecule has 0 bridgehead atoms. The van der Waals surface area contributed by atoms with Crippen molar-refractivity contribution in [3.63, 3.8) is 0 Å². The first kappa shape index (κ1) is 16.4. The summed E-state index contributed by atoms with van der Waals surface area (Å²) in [6.45, 7) is 5.33. The fraction of sp³-hybridized carbons (Fsp3) is 0.368. The summed E-state index contributed by atoms with van der Waals surface area (Å²) >= 11 is 1.46. The van der Waals surface area contributed by atoms with E-state index in [1.54, 1.807) is 0 Å². The molecule has 130 valence electrons. The van der Waals surface area contributed by atoms with Crippen molar-refractivity contribution in [2.24, 2.45) is 4.99 Å². The van der Waals surface area contributed by atoms with E-state index in [2.05, 4.69) is 22.4 Å². The molecule has 2 heterocycles. The molecule has 2 aliphatic heterocycles. The maximum Gasteiger partial charge on any atom is 0.233 e. The molecular formula is C19H21N3O2S. The number of aliphatic imine (C=N–C) groups is 1. The van der Waals surface area contributed by atoms with Crippen LogP contribution in [0.1, 0.15) is 13.8 Å². The normalized spacial score (nSPS) is 22.5. The highest BCUT2D eigenvalue weighted by Gasteiger charge is 2.26. The smallest absolute Gasteiger partial charge is 0.233 e. The standard InChI is InChI=1S/C19H21N3O2S/c1-12-9-22(10-13(2)24-12)17(23)11-25-19-20-15-7-3-5-14-6-4-8-16(21-19)18(14)15/h3-8,12-13H,9-11H2,1-2H3,(H,20,21)/t12-,13-/m0/s1. The van der Waals surface area contributed by atoms with E-state index in [1.165, 1.54) is 17.1 Å². The van der Waals surface area contributed by atoms with Crippen LogP contribution in [0.15, 0.2) is 41.4 Å². The lowest BCUT2D eigenvalue weighted by atomic mass is 10.1. The number of amides is 1. The molecule has 0 saturated carbocycles. The lowest BCUT2D eigenvalue weighted by Crippen LogP contribution is -2.48. The van der Waals surface area contributed by atoms with Crippen LogP contribution in [0, 0.1) is 0 Å². The second-order valence-corrected chi connectivity index (χ2v) is 7.53. The van der Waals surface area contributed by atoms with Gasteiger partial charge in [-0.3, -0.25) is 4.79 Å². The number of morpholine rings is 1. The maximum absolute atomic E-state index is 12.5. The van der Waals surface area contributed by atoms with Gasteiger partial charge in [0.15, 0.2) is 5.17 Å². The van der Waals surface area contributed by atoms with Gasteiger partial charge in [0.25, 0.3) is 0 Å². The molecule has 1 amide bonds. The number of nitrogens with zero attached hydrogens (tertiary/aromatic N) is 2. The van der Waals surface area contributed by atoms with Crippen LogP contribution in [0.4, 0.5) is 11.4 Å². The quantitative estimate of drug-likeness (QED) is 0.894. The van der Waals surface area contributed by atoms with Gasteiger partial charge in [0.2, 0.25) is 5.91 Å². The van der Waals surface area contributed by atoms with Crippen molar-refractivity contribution in [2.75, 3.05) is 24.2 Å². The zero-order chi connectivity index (χ0) is 17.4. The third-order valence-electron chi connectivity index (χ3n) is 4.45. The zero-order valence-corrected chi connectivity index (χ0v) is 15.2. The van der Waals surface area contributed by atoms with Crippen LogP contribution in [0.2, 0.25) is 0 Å². The average Bonchev–Trinajstić information content (AvgIpc) is 2.59. The summed E-state index contributed by atoms with van der Waals surface area (Å²) in [7, 11) is 0. The van der Waals surface area contributed by atoms with Gasteiger partial charge in [0.05, 0.1) is 29.3 Å². The molecule has 2 aromatic rings. The third kappa shape index (κ3) is 3.37. The van der Waals surface area contributed by atoms with E-state index in [0.717, 1.165) is 21.9 Å². The van der Waals surface area contributed by atoms with Crippen LogP contribution in [-0.4, -0.2) is 47.0 Å². The first-order valence-corrected chi connectivity index (χ1v) is 9.52. The van der Waals surface area contributed by atoms with Gasteiger partial charge in [-0.2, -0.15) is 0 Å². The van der Waals surface area contributed by atoms with Crippen LogP contribution in [-0.2, 0) is 9.53 Å². The number of nitrogens with one attached hydrogen (secondary N) is 1. The minimum atomic E-state index is 0.0901. The minimum absolute atomic E-state index is 0.0901. The SMILES string of the molecule is C[C@H]1CN(C(=O)CSC2=Nc3cccc4cccc(c34)N2)C[C@H](C)O1. The predicted molar refractivity (Wildman–Crippen MR) is 104 cm³/mol. The van der Waals surface area contributed by atoms with Gasteiger partial charge in [-0.1, -0.05) is 36.0 Å². The van der Waals surface area contributed by atoms with E-state index in [1.807, 2.05) is 43.0 Å². The van der Waals surface area contributed by atoms with Gasteiger partial charge in [0, 0.05) is 18.5 Å². The van der Waals surface area contributed by atoms with Gasteiger partial charge in [-0.15, -0.1) is 0 Å². The number of benzene rings is 2. The van der Waals surface area contributed by atoms with Gasteiger partial charge in [-0.05, 0) is 31.4 Å². The second-order valence-electron chi connectivity index (χ2n) is 6.57. The van der Waals surface area contributed by atoms with E-state index in [0.29, 0.717) is 18.8 Å². The Balaban J connectivity index is 1.46. The topological polar surface area (TPSA) is 53.9 Å². The number of hydrogen-bond acceptors (Lipinski definition) is 5. The van der Waals surface area contributed by atoms with Gasteiger partial charge in [-0.25, -0.2) is 4.99 Å². The number of ether oxygens (including phenoxy) is 1. The molecule has 0 aliphatic carbocycles. The van der Waals surface area contributed by atoms with Crippen molar-refractivity contribution in [1.29, 1.82) is 0 Å². The molecule has 2 atom stereocenters. The van der Waals surface area contributed by atoms with E-state index >= 15 is 0 Å². The van der Waals surface area contributed by atoms with E-state index in [-0.39, 0.29) is 18.1 Å². The van der Waals surface area contributed by atoms with Crippen molar-refractivity contribution >= 4 is 45.0 Å². The molecule has 2 aromatic carbocycles. The number of amidine groups is 1. The van der Waals surface area contributed by atoms with E-state index in [4.69, 9.17) is 4.74 Å². The van der Waals surface area contributed by atoms with Crippen LogP contribution in [0.5, 0.6) is 0 Å². The van der Waals surface area contributed by atoms with Crippen LogP contribution < -0.4 is 5.32 Å². The summed E-state index contributed by atoms with van der Waals surface area (Å²) in [6.07, 6.45) is 0.180. The number of carbonyl (C=O) groups is 1. The van der Waals surface area contributed by atoms with Crippen molar-refractivity contribution in [2.45, 2.75) is 26.1 Å². The lowest BCUT2D eigenvalue weighted by molar-refractivity contribution is -0.140. The van der Waals surface area contributed by atoms with Crippen molar-refractivity contribution in [3.05, 3.63) is 36.4 Å². The van der Waals surface area contributed by atoms with E-state index < -0.39 is 0 Å². The van der Waals surface area contributed by atoms with Gasteiger partial charge >= 0.3 is 0 Å². The van der Waals surface area contributed by atoms with Gasteiger partial charge < -0.3 is 15.0 Å². The molecule has 0 radical (unpaired) electrons. The Hall–Kier alpha value is -2.05. The Morgan fingerprint density at radius 1 is 1.24 bits per heavy atom. The first-order chi connectivity index (χ1) is 12.1. The Bertz CT molecular complexity index is 836. The predicted octanol–water partition coefficient (Wildman–Crippen LogP) is 3.62. The second kappa shape index (κ2) is 6.69. The Labute approximate surface area is 151 Å². The molecule has 6 heteroatoms. The zero-order valence-electron chi connectivity index (χ0n) is 14.4. The summed E-state index contributed by atoms with van der Waals surface area (Å²) in [4.78, 5) is 19.1. The molecule has 0 unspecified atom stereocenters. The molecule has 0 spiro atoms. The molecule has 1 N–H and O–H groups in total. The summed E-state index contributed by atoms with van der Waals surface area (Å²) in [5.74, 6) is 0.511. The number of carbonyl (C=O) groups excluding carboxylic acids is 1. The van der Waals surface area contributed by atoms with Crippen molar-refractivity contribution in [3.8, 4) is 0 Å². The highest BCUT2D eigenvalue weighted by atomic mass is 32.2. The summed E-state index contributed by atoms with van der Waals surface area (Å²) in [5.41, 5.74) is 2.00. The van der Waals surface area contributed by atoms with Crippen molar-refractivity contribution < 1.29 is 9.53 Å². The molecule has 1 saturated heterocycles. The fourth-order valence-electron chi connectivity index (χ4n) is 3.44. The molecule has 5 nitrogen and oxygen atoms in total. The lowest BCUT2D eigenvalue weighted by Gasteiger charge is -2.35. The summed E-state index contributed by atoms with van der Waals surface area (Å²) in [6, 6.07) is 12.3. The molecule has 2 aliphatic rings. The maximum atomic E-state index is 12.5. The third-order valence-corrected chi connectivity index (χ3v) is 5.31. The molecular weight excluding hydrogens is 334 g/mol. The van der Waals surface area contributed by atoms with Crippen LogP contribution in [0.3, 0.4) is 0 Å². The molecule has 0 aromatic heterocycles. The largest absolute Gasteiger partial charge is 0.372 e. The monoisotopic (exact) mass is 355 g/mol. The summed E-state index contributed by atoms with van der Waals surface area (Å²) in [5, 5.41) is 6.43. The number of thioether (sulfide) groups is 1. The summed E-state index contributed by atoms with van der Waals surface area (Å²) < 4.78 is 5.70. The average molecular weight is 355 g/mol. The van der Waals surface area contributed by atoms with Crippen molar-refractivity contribution in [1.82, 2.24) is 4.90 Å². The Morgan fingerprint density at radius 2 is 1.96 bits per heavy atom. The Kier molecular flexibility index (Phi) is 4.39. The molecule has 4 rings (SSSR count). The van der Waals surface area contributed by atoms with Gasteiger partial charge in [0.1, 0.15) is 0 Å². The number of rotatable bonds is 2. The Morgan fingerprint density at radius 3 is 2.72 bits per heavy atom. The number of hydrogen-bond donors (Lipinski definition) is 1. The first-order valence-electron chi connectivity index (χ1n) is 8.53. The van der Waals surface area contributed by atoms with Crippen LogP contribution in [0.25, 0.3) is 10.8 Å². The fourth-order valence-corrected chi connectivity index (χ4v) is 4.23.